The van der Waals surface area contributed by atoms with Crippen molar-refractivity contribution in [1.29, 1.82) is 0 Å². The Bertz CT molecular complexity index is 341. The van der Waals surface area contributed by atoms with Gasteiger partial charge in [0.1, 0.15) is 0 Å². The SMILES string of the molecule is NCC(Cc1ccc(Cl)cc1)CC1CCCCC1. The Labute approximate surface area is 116 Å². The molecule has 1 unspecified atom stereocenters. The van der Waals surface area contributed by atoms with Gasteiger partial charge >= 0.3 is 0 Å². The monoisotopic (exact) mass is 265 g/mol. The third kappa shape index (κ3) is 4.29. The van der Waals surface area contributed by atoms with E-state index in [9.17, 15) is 0 Å². The predicted octanol–water partition coefficient (Wildman–Crippen LogP) is 4.43. The average Bonchev–Trinajstić information content (AvgIpc) is 2.41. The summed E-state index contributed by atoms with van der Waals surface area (Å²) in [5, 5.41) is 0.815. The van der Waals surface area contributed by atoms with Gasteiger partial charge < -0.3 is 5.73 Å². The third-order valence-corrected chi connectivity index (χ3v) is 4.41. The lowest BCUT2D eigenvalue weighted by Gasteiger charge is -2.26. The molecule has 0 aliphatic heterocycles. The van der Waals surface area contributed by atoms with E-state index in [0.29, 0.717) is 5.92 Å². The van der Waals surface area contributed by atoms with Crippen molar-refractivity contribution in [1.82, 2.24) is 0 Å². The van der Waals surface area contributed by atoms with Crippen molar-refractivity contribution in [2.24, 2.45) is 17.6 Å². The molecule has 0 heterocycles. The minimum Gasteiger partial charge on any atom is -0.330 e. The van der Waals surface area contributed by atoms with Crippen molar-refractivity contribution in [3.05, 3.63) is 34.9 Å². The molecule has 1 aromatic carbocycles. The standard InChI is InChI=1S/C16H24ClN/c17-16-8-6-14(7-9-16)11-15(12-18)10-13-4-2-1-3-5-13/h6-9,13,15H,1-5,10-12,18H2. The molecule has 0 amide bonds. The van der Waals surface area contributed by atoms with E-state index in [-0.39, 0.29) is 0 Å². The number of rotatable bonds is 5. The Kier molecular flexibility index (Phi) is 5.52. The van der Waals surface area contributed by atoms with Gasteiger partial charge in [0, 0.05) is 5.02 Å². The lowest BCUT2D eigenvalue weighted by Crippen LogP contribution is -2.21. The molecule has 0 aromatic heterocycles. The summed E-state index contributed by atoms with van der Waals surface area (Å²) < 4.78 is 0. The maximum absolute atomic E-state index is 5.94. The van der Waals surface area contributed by atoms with Crippen molar-refractivity contribution in [2.45, 2.75) is 44.9 Å². The lowest BCUT2D eigenvalue weighted by molar-refractivity contribution is 0.289. The topological polar surface area (TPSA) is 26.0 Å². The first kappa shape index (κ1) is 13.9. The minimum absolute atomic E-state index is 0.634. The molecule has 1 nitrogen and oxygen atoms in total. The van der Waals surface area contributed by atoms with E-state index in [4.69, 9.17) is 17.3 Å². The molecule has 2 rings (SSSR count). The second-order valence-electron chi connectivity index (χ2n) is 5.67. The Hall–Kier alpha value is -0.530. The molecule has 0 spiro atoms. The zero-order valence-corrected chi connectivity index (χ0v) is 11.8. The van der Waals surface area contributed by atoms with E-state index in [0.717, 1.165) is 23.9 Å². The Morgan fingerprint density at radius 2 is 1.78 bits per heavy atom. The molecule has 0 bridgehead atoms. The highest BCUT2D eigenvalue weighted by Crippen LogP contribution is 2.30. The molecule has 18 heavy (non-hydrogen) atoms. The Morgan fingerprint density at radius 3 is 2.39 bits per heavy atom. The zero-order valence-electron chi connectivity index (χ0n) is 11.1. The first-order chi connectivity index (χ1) is 8.78. The van der Waals surface area contributed by atoms with Gasteiger partial charge in [0.2, 0.25) is 0 Å². The number of benzene rings is 1. The fourth-order valence-electron chi connectivity index (χ4n) is 3.11. The smallest absolute Gasteiger partial charge is 0.0406 e. The van der Waals surface area contributed by atoms with Crippen LogP contribution in [0.4, 0.5) is 0 Å². The van der Waals surface area contributed by atoms with E-state index in [1.54, 1.807) is 0 Å². The van der Waals surface area contributed by atoms with Gasteiger partial charge in [0.15, 0.2) is 0 Å². The summed E-state index contributed by atoms with van der Waals surface area (Å²) >= 11 is 5.91. The molecule has 1 atom stereocenters. The van der Waals surface area contributed by atoms with Crippen LogP contribution in [-0.2, 0) is 6.42 Å². The quantitative estimate of drug-likeness (QED) is 0.838. The van der Waals surface area contributed by atoms with Gasteiger partial charge in [-0.25, -0.2) is 0 Å². The lowest BCUT2D eigenvalue weighted by atomic mass is 9.81. The highest BCUT2D eigenvalue weighted by atomic mass is 35.5. The van der Waals surface area contributed by atoms with Crippen LogP contribution in [-0.4, -0.2) is 6.54 Å². The molecule has 1 fully saturated rings. The van der Waals surface area contributed by atoms with Crippen molar-refractivity contribution in [3.63, 3.8) is 0 Å². The summed E-state index contributed by atoms with van der Waals surface area (Å²) in [7, 11) is 0. The van der Waals surface area contributed by atoms with Gasteiger partial charge in [0.25, 0.3) is 0 Å². The molecule has 2 heteroatoms. The second kappa shape index (κ2) is 7.16. The number of nitrogens with two attached hydrogens (primary N) is 1. The third-order valence-electron chi connectivity index (χ3n) is 4.16. The molecule has 1 aromatic rings. The fourth-order valence-corrected chi connectivity index (χ4v) is 3.24. The second-order valence-corrected chi connectivity index (χ2v) is 6.11. The van der Waals surface area contributed by atoms with Crippen LogP contribution in [0.5, 0.6) is 0 Å². The summed E-state index contributed by atoms with van der Waals surface area (Å²) in [5.41, 5.74) is 7.31. The molecule has 1 aliphatic rings. The fraction of sp³-hybridized carbons (Fsp3) is 0.625. The molecular weight excluding hydrogens is 242 g/mol. The molecular formula is C16H24ClN. The first-order valence-electron chi connectivity index (χ1n) is 7.22. The number of hydrogen-bond donors (Lipinski definition) is 1. The molecule has 2 N–H and O–H groups in total. The Balaban J connectivity index is 1.86. The van der Waals surface area contributed by atoms with Crippen molar-refractivity contribution in [2.75, 3.05) is 6.54 Å². The van der Waals surface area contributed by atoms with Crippen LogP contribution in [0.3, 0.4) is 0 Å². The van der Waals surface area contributed by atoms with Gasteiger partial charge in [-0.3, -0.25) is 0 Å². The van der Waals surface area contributed by atoms with Gasteiger partial charge in [-0.05, 0) is 48.9 Å². The van der Waals surface area contributed by atoms with Gasteiger partial charge in [-0.2, -0.15) is 0 Å². The Morgan fingerprint density at radius 1 is 1.11 bits per heavy atom. The molecule has 0 radical (unpaired) electrons. The molecule has 1 saturated carbocycles. The highest BCUT2D eigenvalue weighted by molar-refractivity contribution is 6.30. The molecule has 100 valence electrons. The van der Waals surface area contributed by atoms with Crippen LogP contribution >= 0.6 is 11.6 Å². The van der Waals surface area contributed by atoms with Crippen molar-refractivity contribution >= 4 is 11.6 Å². The molecule has 1 aliphatic carbocycles. The van der Waals surface area contributed by atoms with Crippen LogP contribution in [0.25, 0.3) is 0 Å². The van der Waals surface area contributed by atoms with Crippen LogP contribution in [0.15, 0.2) is 24.3 Å². The van der Waals surface area contributed by atoms with E-state index in [2.05, 4.69) is 12.1 Å². The molecule has 0 saturated heterocycles. The summed E-state index contributed by atoms with van der Waals surface area (Å²) in [4.78, 5) is 0. The highest BCUT2D eigenvalue weighted by Gasteiger charge is 2.18. The van der Waals surface area contributed by atoms with Crippen LogP contribution in [0.1, 0.15) is 44.1 Å². The van der Waals surface area contributed by atoms with Crippen molar-refractivity contribution in [3.8, 4) is 0 Å². The van der Waals surface area contributed by atoms with Gasteiger partial charge in [-0.1, -0.05) is 55.8 Å². The largest absolute Gasteiger partial charge is 0.330 e. The van der Waals surface area contributed by atoms with E-state index in [1.165, 1.54) is 44.1 Å². The van der Waals surface area contributed by atoms with Gasteiger partial charge in [-0.15, -0.1) is 0 Å². The summed E-state index contributed by atoms with van der Waals surface area (Å²) in [6, 6.07) is 8.22. The normalized spacial score (nSPS) is 18.8. The zero-order chi connectivity index (χ0) is 12.8. The average molecular weight is 266 g/mol. The van der Waals surface area contributed by atoms with E-state index in [1.807, 2.05) is 12.1 Å². The summed E-state index contributed by atoms with van der Waals surface area (Å²) in [5.74, 6) is 1.55. The first-order valence-corrected chi connectivity index (χ1v) is 7.60. The van der Waals surface area contributed by atoms with Gasteiger partial charge in [0.05, 0.1) is 0 Å². The van der Waals surface area contributed by atoms with Crippen LogP contribution in [0.2, 0.25) is 5.02 Å². The van der Waals surface area contributed by atoms with E-state index < -0.39 is 0 Å². The van der Waals surface area contributed by atoms with E-state index >= 15 is 0 Å². The van der Waals surface area contributed by atoms with Crippen molar-refractivity contribution < 1.29 is 0 Å². The summed E-state index contributed by atoms with van der Waals surface area (Å²) in [6.45, 7) is 0.805. The maximum atomic E-state index is 5.94. The van der Waals surface area contributed by atoms with Crippen LogP contribution in [0, 0.1) is 11.8 Å². The predicted molar refractivity (Wildman–Crippen MR) is 78.9 cm³/mol. The van der Waals surface area contributed by atoms with Crippen LogP contribution < -0.4 is 5.73 Å². The minimum atomic E-state index is 0.634. The number of hydrogen-bond acceptors (Lipinski definition) is 1. The summed E-state index contributed by atoms with van der Waals surface area (Å²) in [6.07, 6.45) is 9.50. The number of halogens is 1. The maximum Gasteiger partial charge on any atom is 0.0406 e.